The van der Waals surface area contributed by atoms with Crippen LogP contribution in [-0.2, 0) is 4.74 Å². The largest absolute Gasteiger partial charge is 0.437 e. The third-order valence-corrected chi connectivity index (χ3v) is 2.72. The van der Waals surface area contributed by atoms with E-state index in [1.54, 1.807) is 20.8 Å². The zero-order valence-corrected chi connectivity index (χ0v) is 11.4. The van der Waals surface area contributed by atoms with Crippen molar-refractivity contribution in [2.45, 2.75) is 45.5 Å². The van der Waals surface area contributed by atoms with Gasteiger partial charge in [0.15, 0.2) is 6.10 Å². The van der Waals surface area contributed by atoms with Crippen LogP contribution in [0.25, 0.3) is 0 Å². The fourth-order valence-electron chi connectivity index (χ4n) is 1.44. The van der Waals surface area contributed by atoms with Gasteiger partial charge in [-0.25, -0.2) is 4.79 Å². The van der Waals surface area contributed by atoms with Crippen LogP contribution < -0.4 is 0 Å². The summed E-state index contributed by atoms with van der Waals surface area (Å²) in [5, 5.41) is 0. The molecule has 0 aromatic rings. The van der Waals surface area contributed by atoms with Crippen LogP contribution in [0.3, 0.4) is 0 Å². The number of hydrogen-bond acceptors (Lipinski definition) is 3. The van der Waals surface area contributed by atoms with Crippen LogP contribution in [-0.4, -0.2) is 59.8 Å². The van der Waals surface area contributed by atoms with E-state index in [-0.39, 0.29) is 13.1 Å². The smallest absolute Gasteiger partial charge is 0.425 e. The van der Waals surface area contributed by atoms with Crippen molar-refractivity contribution in [3.05, 3.63) is 0 Å². The number of nitrogens with zero attached hydrogens (tertiary/aromatic N) is 2. The first-order valence-electron chi connectivity index (χ1n) is 7.50. The van der Waals surface area contributed by atoms with Crippen molar-refractivity contribution >= 4 is 6.09 Å². The molecular weight excluding hydrogens is 261 g/mol. The Kier molecular flexibility index (Phi) is 3.46. The number of alkyl halides is 3. The van der Waals surface area contributed by atoms with Gasteiger partial charge >= 0.3 is 12.3 Å². The van der Waals surface area contributed by atoms with Gasteiger partial charge in [0.1, 0.15) is 0 Å². The number of piperazine rings is 1. The third-order valence-electron chi connectivity index (χ3n) is 2.72. The Hall–Kier alpha value is -0.980. The van der Waals surface area contributed by atoms with Crippen LogP contribution in [0.5, 0.6) is 0 Å². The highest BCUT2D eigenvalue weighted by molar-refractivity contribution is 5.68. The van der Waals surface area contributed by atoms with Gasteiger partial charge in [-0.3, -0.25) is 4.90 Å². The molecule has 2 unspecified atom stereocenters. The van der Waals surface area contributed by atoms with E-state index in [1.807, 2.05) is 0 Å². The Morgan fingerprint density at radius 1 is 1.32 bits per heavy atom. The monoisotopic (exact) mass is 285 g/mol. The molecule has 1 fully saturated rings. The minimum absolute atomic E-state index is 0.0750. The maximum Gasteiger partial charge on any atom is 0.425 e. The standard InChI is InChI=1S/C12H21F3N2O2/c1-9(12(13,14)15)19-10(18)16-5-7-17(8-6-16)11(2,3)4/h9H,5-8H2,1-4H3/i5D,7D2. The average molecular weight is 285 g/mol. The van der Waals surface area contributed by atoms with Gasteiger partial charge in [0, 0.05) is 34.4 Å². The van der Waals surface area contributed by atoms with Crippen molar-refractivity contribution in [1.29, 1.82) is 0 Å². The molecule has 1 amide bonds. The Balaban J connectivity index is 2.86. The maximum absolute atomic E-state index is 12.4. The fraction of sp³-hybridized carbons (Fsp3) is 0.917. The van der Waals surface area contributed by atoms with Crippen LogP contribution in [0.15, 0.2) is 0 Å². The zero-order chi connectivity index (χ0) is 17.5. The first kappa shape index (κ1) is 11.8. The van der Waals surface area contributed by atoms with E-state index in [0.717, 1.165) is 0 Å². The van der Waals surface area contributed by atoms with Crippen molar-refractivity contribution in [2.75, 3.05) is 26.1 Å². The van der Waals surface area contributed by atoms with Crippen molar-refractivity contribution in [3.63, 3.8) is 0 Å². The van der Waals surface area contributed by atoms with Crippen molar-refractivity contribution < 1.29 is 26.8 Å². The summed E-state index contributed by atoms with van der Waals surface area (Å²) in [6, 6.07) is 0. The lowest BCUT2D eigenvalue weighted by molar-refractivity contribution is -0.200. The van der Waals surface area contributed by atoms with E-state index >= 15 is 0 Å². The molecule has 2 atom stereocenters. The number of ether oxygens (including phenoxy) is 1. The quantitative estimate of drug-likeness (QED) is 0.742. The fourth-order valence-corrected chi connectivity index (χ4v) is 1.44. The first-order valence-corrected chi connectivity index (χ1v) is 5.93. The second-order valence-corrected chi connectivity index (χ2v) is 5.34. The van der Waals surface area contributed by atoms with Gasteiger partial charge in [-0.1, -0.05) is 0 Å². The van der Waals surface area contributed by atoms with Crippen LogP contribution in [0.1, 0.15) is 31.8 Å². The highest BCUT2D eigenvalue weighted by Crippen LogP contribution is 2.23. The second kappa shape index (κ2) is 5.56. The predicted molar refractivity (Wildman–Crippen MR) is 64.9 cm³/mol. The number of carbonyl (C=O) groups is 1. The lowest BCUT2D eigenvalue weighted by Gasteiger charge is -2.42. The molecule has 1 rings (SSSR count). The molecule has 0 aromatic heterocycles. The van der Waals surface area contributed by atoms with Gasteiger partial charge in [-0.2, -0.15) is 13.2 Å². The van der Waals surface area contributed by atoms with E-state index in [0.29, 0.717) is 11.8 Å². The summed E-state index contributed by atoms with van der Waals surface area (Å²) >= 11 is 0. The van der Waals surface area contributed by atoms with Gasteiger partial charge in [0.2, 0.25) is 0 Å². The molecular formula is C12H21F3N2O2. The molecule has 1 aliphatic heterocycles. The average Bonchev–Trinajstić information content (AvgIpc) is 2.29. The normalized spacial score (nSPS) is 29.1. The van der Waals surface area contributed by atoms with E-state index < -0.39 is 36.9 Å². The van der Waals surface area contributed by atoms with Crippen LogP contribution in [0.2, 0.25) is 0 Å². The minimum atomic E-state index is -4.70. The molecule has 1 aliphatic rings. The predicted octanol–water partition coefficient (Wildman–Crippen LogP) is 2.49. The molecule has 19 heavy (non-hydrogen) atoms. The topological polar surface area (TPSA) is 32.8 Å². The third kappa shape index (κ3) is 4.56. The lowest BCUT2D eigenvalue weighted by Crippen LogP contribution is -2.55. The number of carbonyl (C=O) groups excluding carboxylic acids is 1. The molecule has 0 saturated carbocycles. The van der Waals surface area contributed by atoms with E-state index in [1.165, 1.54) is 4.90 Å². The molecule has 7 heteroatoms. The molecule has 0 N–H and O–H groups in total. The van der Waals surface area contributed by atoms with Crippen LogP contribution in [0, 0.1) is 0 Å². The summed E-state index contributed by atoms with van der Waals surface area (Å²) in [5.41, 5.74) is -0.585. The molecule has 1 saturated heterocycles. The molecule has 4 nitrogen and oxygen atoms in total. The maximum atomic E-state index is 12.4. The van der Waals surface area contributed by atoms with Gasteiger partial charge < -0.3 is 9.64 Å². The minimum Gasteiger partial charge on any atom is -0.437 e. The lowest BCUT2D eigenvalue weighted by atomic mass is 10.1. The van der Waals surface area contributed by atoms with E-state index in [9.17, 15) is 18.0 Å². The molecule has 0 bridgehead atoms. The Bertz CT molecular complexity index is 427. The van der Waals surface area contributed by atoms with Crippen LogP contribution >= 0.6 is 0 Å². The number of halogens is 3. The van der Waals surface area contributed by atoms with Crippen molar-refractivity contribution in [3.8, 4) is 0 Å². The van der Waals surface area contributed by atoms with Crippen LogP contribution in [0.4, 0.5) is 18.0 Å². The van der Waals surface area contributed by atoms with E-state index in [2.05, 4.69) is 4.74 Å². The van der Waals surface area contributed by atoms with Gasteiger partial charge in [-0.15, -0.1) is 0 Å². The molecule has 0 radical (unpaired) electrons. The highest BCUT2D eigenvalue weighted by Gasteiger charge is 2.40. The summed E-state index contributed by atoms with van der Waals surface area (Å²) in [6.45, 7) is 2.13. The molecule has 112 valence electrons. The Morgan fingerprint density at radius 2 is 1.89 bits per heavy atom. The molecule has 0 aromatic carbocycles. The first-order chi connectivity index (χ1) is 9.69. The highest BCUT2D eigenvalue weighted by atomic mass is 19.4. The zero-order valence-electron chi connectivity index (χ0n) is 14.4. The van der Waals surface area contributed by atoms with Gasteiger partial charge in [0.25, 0.3) is 0 Å². The number of rotatable bonds is 1. The van der Waals surface area contributed by atoms with E-state index in [4.69, 9.17) is 4.11 Å². The van der Waals surface area contributed by atoms with Gasteiger partial charge in [-0.05, 0) is 27.7 Å². The summed E-state index contributed by atoms with van der Waals surface area (Å²) in [7, 11) is 0. The summed E-state index contributed by atoms with van der Waals surface area (Å²) < 4.78 is 65.5. The number of amides is 1. The molecule has 0 aliphatic carbocycles. The summed E-state index contributed by atoms with van der Waals surface area (Å²) in [4.78, 5) is 13.9. The molecule has 1 heterocycles. The summed E-state index contributed by atoms with van der Waals surface area (Å²) in [5.74, 6) is 0. The second-order valence-electron chi connectivity index (χ2n) is 5.34. The Morgan fingerprint density at radius 3 is 2.37 bits per heavy atom. The van der Waals surface area contributed by atoms with Crippen molar-refractivity contribution in [1.82, 2.24) is 9.80 Å². The summed E-state index contributed by atoms with van der Waals surface area (Å²) in [6.07, 6.45) is -8.33. The number of hydrogen-bond donors (Lipinski definition) is 0. The SMILES string of the molecule is [2H]C1N(C(=O)OC(C)C(F)(F)F)CCN(C(C)(C)C)C1([2H])[2H]. The van der Waals surface area contributed by atoms with Crippen molar-refractivity contribution in [2.24, 2.45) is 0 Å². The van der Waals surface area contributed by atoms with Gasteiger partial charge in [0.05, 0.1) is 1.37 Å². The molecule has 0 spiro atoms. The Labute approximate surface area is 115 Å².